The van der Waals surface area contributed by atoms with Gasteiger partial charge >= 0.3 is 0 Å². The van der Waals surface area contributed by atoms with Gasteiger partial charge in [0.15, 0.2) is 0 Å². The molecule has 1 fully saturated rings. The number of rotatable bonds is 3. The molecule has 4 nitrogen and oxygen atoms in total. The molecular weight excluding hydrogens is 296 g/mol. The summed E-state index contributed by atoms with van der Waals surface area (Å²) >= 11 is 0. The van der Waals surface area contributed by atoms with E-state index in [1.807, 2.05) is 36.4 Å². The first-order valence-corrected chi connectivity index (χ1v) is 8.92. The van der Waals surface area contributed by atoms with Crippen LogP contribution in [0, 0.1) is 0 Å². The molecule has 3 rings (SSSR count). The Balaban J connectivity index is 1.91. The van der Waals surface area contributed by atoms with Crippen LogP contribution in [0.2, 0.25) is 0 Å². The molecule has 5 heteroatoms. The van der Waals surface area contributed by atoms with Gasteiger partial charge < -0.3 is 5.73 Å². The van der Waals surface area contributed by atoms with Crippen molar-refractivity contribution in [2.45, 2.75) is 23.8 Å². The normalized spacial score (nSPS) is 17.5. The van der Waals surface area contributed by atoms with Crippen LogP contribution in [0.4, 0.5) is 0 Å². The van der Waals surface area contributed by atoms with Crippen molar-refractivity contribution in [1.29, 1.82) is 0 Å². The number of benzene rings is 2. The number of sulfonamides is 1. The summed E-state index contributed by atoms with van der Waals surface area (Å²) in [5.74, 6) is 0. The first-order valence-electron chi connectivity index (χ1n) is 7.48. The monoisotopic (exact) mass is 316 g/mol. The lowest BCUT2D eigenvalue weighted by atomic mass is 10.1. The van der Waals surface area contributed by atoms with E-state index in [1.165, 1.54) is 0 Å². The van der Waals surface area contributed by atoms with Crippen LogP contribution in [0.5, 0.6) is 0 Å². The number of piperidine rings is 1. The summed E-state index contributed by atoms with van der Waals surface area (Å²) in [5, 5.41) is 0. The minimum absolute atomic E-state index is 0.113. The van der Waals surface area contributed by atoms with E-state index in [9.17, 15) is 8.42 Å². The number of hydrogen-bond acceptors (Lipinski definition) is 3. The molecule has 0 aliphatic carbocycles. The minimum atomic E-state index is -3.44. The Morgan fingerprint density at radius 2 is 1.55 bits per heavy atom. The van der Waals surface area contributed by atoms with Crippen LogP contribution >= 0.6 is 0 Å². The second-order valence-corrected chi connectivity index (χ2v) is 7.57. The second kappa shape index (κ2) is 6.20. The highest BCUT2D eigenvalue weighted by Gasteiger charge is 2.28. The third-order valence-corrected chi connectivity index (χ3v) is 5.97. The lowest BCUT2D eigenvalue weighted by Crippen LogP contribution is -2.42. The molecule has 0 atom stereocenters. The van der Waals surface area contributed by atoms with Gasteiger partial charge in [-0.3, -0.25) is 0 Å². The Bertz CT molecular complexity index is 736. The molecule has 2 aromatic rings. The van der Waals surface area contributed by atoms with Crippen LogP contribution in [0.25, 0.3) is 11.1 Å². The van der Waals surface area contributed by atoms with E-state index in [-0.39, 0.29) is 6.04 Å². The summed E-state index contributed by atoms with van der Waals surface area (Å²) in [6.45, 7) is 0.998. The zero-order valence-electron chi connectivity index (χ0n) is 12.4. The summed E-state index contributed by atoms with van der Waals surface area (Å²) in [4.78, 5) is 0.351. The standard InChI is InChI=1S/C17H20N2O2S/c18-16-9-11-19(12-10-16)22(20,21)17-8-4-7-15(13-17)14-5-2-1-3-6-14/h1-8,13,16H,9-12,18H2. The molecule has 0 bridgehead atoms. The Hall–Kier alpha value is -1.69. The molecule has 2 aromatic carbocycles. The van der Waals surface area contributed by atoms with E-state index in [0.717, 1.165) is 24.0 Å². The largest absolute Gasteiger partial charge is 0.328 e. The quantitative estimate of drug-likeness (QED) is 0.946. The van der Waals surface area contributed by atoms with Crippen molar-refractivity contribution in [3.05, 3.63) is 54.6 Å². The zero-order valence-corrected chi connectivity index (χ0v) is 13.2. The summed E-state index contributed by atoms with van der Waals surface area (Å²) < 4.78 is 27.1. The summed E-state index contributed by atoms with van der Waals surface area (Å²) in [6.07, 6.45) is 1.44. The van der Waals surface area contributed by atoms with E-state index in [0.29, 0.717) is 18.0 Å². The molecule has 0 spiro atoms. The average Bonchev–Trinajstić information content (AvgIpc) is 2.56. The van der Waals surface area contributed by atoms with Crippen molar-refractivity contribution in [3.8, 4) is 11.1 Å². The van der Waals surface area contributed by atoms with Crippen molar-refractivity contribution < 1.29 is 8.42 Å². The summed E-state index contributed by atoms with van der Waals surface area (Å²) in [7, 11) is -3.44. The Labute approximate surface area is 131 Å². The first-order chi connectivity index (χ1) is 10.6. The minimum Gasteiger partial charge on any atom is -0.328 e. The molecule has 0 saturated carbocycles. The van der Waals surface area contributed by atoms with E-state index in [1.54, 1.807) is 22.5 Å². The van der Waals surface area contributed by atoms with Crippen molar-refractivity contribution >= 4 is 10.0 Å². The third-order valence-electron chi connectivity index (χ3n) is 4.08. The number of nitrogens with two attached hydrogens (primary N) is 1. The highest BCUT2D eigenvalue weighted by Crippen LogP contribution is 2.25. The highest BCUT2D eigenvalue weighted by molar-refractivity contribution is 7.89. The molecular formula is C17H20N2O2S. The van der Waals surface area contributed by atoms with Crippen LogP contribution in [-0.4, -0.2) is 31.9 Å². The molecule has 116 valence electrons. The van der Waals surface area contributed by atoms with Gasteiger partial charge in [-0.05, 0) is 36.1 Å². The van der Waals surface area contributed by atoms with Crippen molar-refractivity contribution in [2.24, 2.45) is 5.73 Å². The molecule has 1 aliphatic heterocycles. The lowest BCUT2D eigenvalue weighted by molar-refractivity contribution is 0.320. The van der Waals surface area contributed by atoms with Gasteiger partial charge in [-0.2, -0.15) is 4.31 Å². The van der Waals surface area contributed by atoms with E-state index >= 15 is 0 Å². The van der Waals surface area contributed by atoms with Gasteiger partial charge in [-0.25, -0.2) is 8.42 Å². The zero-order chi connectivity index (χ0) is 15.6. The number of nitrogens with zero attached hydrogens (tertiary/aromatic N) is 1. The van der Waals surface area contributed by atoms with Crippen LogP contribution in [0.1, 0.15) is 12.8 Å². The van der Waals surface area contributed by atoms with E-state index < -0.39 is 10.0 Å². The van der Waals surface area contributed by atoms with Crippen LogP contribution in [0.3, 0.4) is 0 Å². The van der Waals surface area contributed by atoms with Gasteiger partial charge in [0.05, 0.1) is 4.90 Å². The highest BCUT2D eigenvalue weighted by atomic mass is 32.2. The van der Waals surface area contributed by atoms with Gasteiger partial charge in [0.25, 0.3) is 0 Å². The fraction of sp³-hybridized carbons (Fsp3) is 0.294. The van der Waals surface area contributed by atoms with Crippen molar-refractivity contribution in [3.63, 3.8) is 0 Å². The SMILES string of the molecule is NC1CCN(S(=O)(=O)c2cccc(-c3ccccc3)c2)CC1. The van der Waals surface area contributed by atoms with Crippen molar-refractivity contribution in [1.82, 2.24) is 4.31 Å². The maximum atomic E-state index is 12.8. The molecule has 1 heterocycles. The molecule has 22 heavy (non-hydrogen) atoms. The molecule has 0 amide bonds. The number of hydrogen-bond donors (Lipinski definition) is 1. The topological polar surface area (TPSA) is 63.4 Å². The first kappa shape index (κ1) is 15.2. The van der Waals surface area contributed by atoms with E-state index in [2.05, 4.69) is 0 Å². The predicted octanol–water partition coefficient (Wildman–Crippen LogP) is 2.47. The fourth-order valence-electron chi connectivity index (χ4n) is 2.73. The smallest absolute Gasteiger partial charge is 0.243 e. The lowest BCUT2D eigenvalue weighted by Gasteiger charge is -2.29. The van der Waals surface area contributed by atoms with Gasteiger partial charge in [0, 0.05) is 19.1 Å². The van der Waals surface area contributed by atoms with E-state index in [4.69, 9.17) is 5.73 Å². The van der Waals surface area contributed by atoms with Crippen LogP contribution in [0.15, 0.2) is 59.5 Å². The molecule has 1 aliphatic rings. The van der Waals surface area contributed by atoms with Gasteiger partial charge in [0.1, 0.15) is 0 Å². The van der Waals surface area contributed by atoms with Crippen LogP contribution < -0.4 is 5.73 Å². The molecule has 2 N–H and O–H groups in total. The fourth-order valence-corrected chi connectivity index (χ4v) is 4.25. The molecule has 1 saturated heterocycles. The Kier molecular flexibility index (Phi) is 4.29. The maximum Gasteiger partial charge on any atom is 0.243 e. The summed E-state index contributed by atoms with van der Waals surface area (Å²) in [5.41, 5.74) is 7.78. The van der Waals surface area contributed by atoms with Gasteiger partial charge in [0.2, 0.25) is 10.0 Å². The second-order valence-electron chi connectivity index (χ2n) is 5.64. The maximum absolute atomic E-state index is 12.8. The molecule has 0 unspecified atom stereocenters. The summed E-state index contributed by atoms with van der Waals surface area (Å²) in [6, 6.07) is 17.0. The Morgan fingerprint density at radius 1 is 0.909 bits per heavy atom. The van der Waals surface area contributed by atoms with Gasteiger partial charge in [-0.1, -0.05) is 42.5 Å². The molecule has 0 aromatic heterocycles. The molecule has 0 radical (unpaired) electrons. The Morgan fingerprint density at radius 3 is 2.23 bits per heavy atom. The predicted molar refractivity (Wildman–Crippen MR) is 87.8 cm³/mol. The average molecular weight is 316 g/mol. The van der Waals surface area contributed by atoms with Crippen LogP contribution in [-0.2, 0) is 10.0 Å². The van der Waals surface area contributed by atoms with Crippen molar-refractivity contribution in [2.75, 3.05) is 13.1 Å². The third kappa shape index (κ3) is 3.06. The van der Waals surface area contributed by atoms with Gasteiger partial charge in [-0.15, -0.1) is 0 Å².